The van der Waals surface area contributed by atoms with Crippen LogP contribution < -0.4 is 16.0 Å². The molecule has 2 aromatic carbocycles. The summed E-state index contributed by atoms with van der Waals surface area (Å²) < 4.78 is 5.60. The average Bonchev–Trinajstić information content (AvgIpc) is 3.01. The number of benzene rings is 2. The van der Waals surface area contributed by atoms with Gasteiger partial charge in [-0.25, -0.2) is 0 Å². The van der Waals surface area contributed by atoms with E-state index in [0.29, 0.717) is 52.0 Å². The van der Waals surface area contributed by atoms with E-state index in [1.807, 2.05) is 48.5 Å². The fourth-order valence-corrected chi connectivity index (χ4v) is 6.45. The lowest BCUT2D eigenvalue weighted by molar-refractivity contribution is -0.140. The third-order valence-corrected chi connectivity index (χ3v) is 9.04. The lowest BCUT2D eigenvalue weighted by Crippen LogP contribution is -2.58. The molecule has 3 amide bonds. The summed E-state index contributed by atoms with van der Waals surface area (Å²) in [6.07, 6.45) is 9.02. The van der Waals surface area contributed by atoms with Crippen LogP contribution in [0.4, 0.5) is 0 Å². The molecule has 8 heteroatoms. The first-order chi connectivity index (χ1) is 20.5. The van der Waals surface area contributed by atoms with E-state index in [9.17, 15) is 14.4 Å². The number of fused-ring (bicyclic) bond motifs is 1. The number of carbonyl (C=O) groups excluding carboxylic acids is 3. The fraction of sp³-hybridized carbons (Fsp3) is 0.500. The Bertz CT molecular complexity index is 1210. The summed E-state index contributed by atoms with van der Waals surface area (Å²) in [6.45, 7) is 3.52. The molecule has 2 saturated heterocycles. The molecular weight excluding hydrogens is 528 g/mol. The summed E-state index contributed by atoms with van der Waals surface area (Å²) in [5, 5.41) is 9.52. The minimum atomic E-state index is -0.655. The third kappa shape index (κ3) is 8.07. The van der Waals surface area contributed by atoms with Crippen molar-refractivity contribution in [2.24, 2.45) is 11.3 Å². The quantitative estimate of drug-likeness (QED) is 0.443. The Morgan fingerprint density at radius 3 is 2.40 bits per heavy atom. The van der Waals surface area contributed by atoms with Gasteiger partial charge in [-0.05, 0) is 55.6 Å². The summed E-state index contributed by atoms with van der Waals surface area (Å²) in [6, 6.07) is 19.3. The molecule has 8 nitrogen and oxygen atoms in total. The maximum atomic E-state index is 13.8. The Labute approximate surface area is 249 Å². The summed E-state index contributed by atoms with van der Waals surface area (Å²) in [5.74, 6) is 0.0104. The molecule has 3 aliphatic rings. The maximum Gasteiger partial charge on any atom is 0.243 e. The molecule has 3 N–H and O–H groups in total. The second-order valence-corrected chi connectivity index (χ2v) is 12.0. The molecule has 5 rings (SSSR count). The van der Waals surface area contributed by atoms with Crippen molar-refractivity contribution in [1.29, 1.82) is 0 Å². The molecule has 0 aliphatic carbocycles. The lowest BCUT2D eigenvalue weighted by atomic mass is 9.75. The van der Waals surface area contributed by atoms with Crippen molar-refractivity contribution in [3.05, 3.63) is 83.9 Å². The van der Waals surface area contributed by atoms with Gasteiger partial charge in [-0.3, -0.25) is 19.3 Å². The lowest BCUT2D eigenvalue weighted by Gasteiger charge is -2.40. The second kappa shape index (κ2) is 14.6. The van der Waals surface area contributed by atoms with Crippen molar-refractivity contribution >= 4 is 17.7 Å². The van der Waals surface area contributed by atoms with Crippen LogP contribution in [0.25, 0.3) is 0 Å². The number of ether oxygens (including phenoxy) is 1. The van der Waals surface area contributed by atoms with Gasteiger partial charge in [0.1, 0.15) is 6.04 Å². The Morgan fingerprint density at radius 2 is 1.67 bits per heavy atom. The first-order valence-corrected chi connectivity index (χ1v) is 15.4. The van der Waals surface area contributed by atoms with Crippen molar-refractivity contribution in [1.82, 2.24) is 20.9 Å². The summed E-state index contributed by atoms with van der Waals surface area (Å²) in [4.78, 5) is 42.4. The number of carbonyl (C=O) groups is 3. The van der Waals surface area contributed by atoms with Crippen molar-refractivity contribution in [3.63, 3.8) is 0 Å². The number of hydrogen-bond donors (Lipinski definition) is 3. The van der Waals surface area contributed by atoms with Gasteiger partial charge in [-0.2, -0.15) is 0 Å². The van der Waals surface area contributed by atoms with Crippen LogP contribution in [-0.2, 0) is 32.0 Å². The molecule has 0 radical (unpaired) electrons. The zero-order valence-corrected chi connectivity index (χ0v) is 24.4. The molecule has 42 heavy (non-hydrogen) atoms. The molecule has 0 aromatic heterocycles. The van der Waals surface area contributed by atoms with Gasteiger partial charge in [0.15, 0.2) is 0 Å². The number of hydrogen-bond acceptors (Lipinski definition) is 5. The van der Waals surface area contributed by atoms with Crippen molar-refractivity contribution in [2.45, 2.75) is 57.0 Å². The highest BCUT2D eigenvalue weighted by molar-refractivity contribution is 5.90. The van der Waals surface area contributed by atoms with Crippen molar-refractivity contribution < 1.29 is 19.1 Å². The van der Waals surface area contributed by atoms with E-state index in [4.69, 9.17) is 4.74 Å². The highest BCUT2D eigenvalue weighted by Gasteiger charge is 2.41. The minimum absolute atomic E-state index is 0.0221. The van der Waals surface area contributed by atoms with Gasteiger partial charge in [0.2, 0.25) is 17.7 Å². The molecule has 0 unspecified atom stereocenters. The predicted molar refractivity (Wildman–Crippen MR) is 163 cm³/mol. The topological polar surface area (TPSA) is 99.8 Å². The summed E-state index contributed by atoms with van der Waals surface area (Å²) >= 11 is 0. The van der Waals surface area contributed by atoms with Crippen LogP contribution in [0.2, 0.25) is 0 Å². The van der Waals surface area contributed by atoms with Crippen LogP contribution in [0.1, 0.15) is 43.2 Å². The summed E-state index contributed by atoms with van der Waals surface area (Å²) in [7, 11) is 0. The van der Waals surface area contributed by atoms with E-state index >= 15 is 0 Å². The average molecular weight is 573 g/mol. The Kier molecular flexibility index (Phi) is 10.4. The smallest absolute Gasteiger partial charge is 0.243 e. The number of allylic oxidation sites excluding steroid dienone is 2. The standard InChI is InChI=1S/C34H44N4O4/c39-31(35-19-14-26-9-3-1-4-10-26)25-38-20-15-29-28(24-38)13-7-8-16-34(17-21-42-22-18-34)33(41)37-30(32(40)36-29)23-27-11-5-2-6-12-27/h1-12,28-30H,13-25H2,(H,35,39)(H,36,40)(H,37,41)/b8-7+/t28-,29+,30-/m0/s1. The Balaban J connectivity index is 1.25. The zero-order valence-electron chi connectivity index (χ0n) is 24.4. The van der Waals surface area contributed by atoms with E-state index in [2.05, 4.69) is 45.1 Å². The molecule has 3 atom stereocenters. The van der Waals surface area contributed by atoms with Crippen LogP contribution in [-0.4, -0.2) is 74.1 Å². The fourth-order valence-electron chi connectivity index (χ4n) is 6.45. The van der Waals surface area contributed by atoms with Gasteiger partial charge in [0, 0.05) is 45.3 Å². The molecular formula is C34H44N4O4. The largest absolute Gasteiger partial charge is 0.381 e. The van der Waals surface area contributed by atoms with Crippen LogP contribution in [0.5, 0.6) is 0 Å². The molecule has 224 valence electrons. The van der Waals surface area contributed by atoms with Crippen LogP contribution >= 0.6 is 0 Å². The highest BCUT2D eigenvalue weighted by Crippen LogP contribution is 2.36. The normalized spacial score (nSPS) is 25.7. The molecule has 1 spiro atoms. The molecule has 0 saturated carbocycles. The molecule has 3 heterocycles. The molecule has 2 fully saturated rings. The third-order valence-electron chi connectivity index (χ3n) is 9.04. The predicted octanol–water partition coefficient (Wildman–Crippen LogP) is 3.03. The first kappa shape index (κ1) is 30.0. The van der Waals surface area contributed by atoms with Gasteiger partial charge in [-0.15, -0.1) is 0 Å². The molecule has 2 aromatic rings. The van der Waals surface area contributed by atoms with Gasteiger partial charge >= 0.3 is 0 Å². The number of amides is 3. The van der Waals surface area contributed by atoms with Crippen molar-refractivity contribution in [3.8, 4) is 0 Å². The Morgan fingerprint density at radius 1 is 0.952 bits per heavy atom. The van der Waals surface area contributed by atoms with Gasteiger partial charge in [0.05, 0.1) is 12.0 Å². The van der Waals surface area contributed by atoms with Crippen LogP contribution in [0.15, 0.2) is 72.8 Å². The molecule has 3 aliphatic heterocycles. The number of rotatable bonds is 7. The monoisotopic (exact) mass is 572 g/mol. The number of piperidine rings is 1. The SMILES string of the molecule is O=C(CN1CC[C@H]2NC(=O)[C@H](Cc3ccccc3)NC(=O)C3(C/C=C/C[C@H]2C1)CCOCC3)NCCc1ccccc1. The number of nitrogens with zero attached hydrogens (tertiary/aromatic N) is 1. The maximum absolute atomic E-state index is 13.8. The zero-order chi connectivity index (χ0) is 29.2. The van der Waals surface area contributed by atoms with E-state index in [-0.39, 0.29) is 29.7 Å². The second-order valence-electron chi connectivity index (χ2n) is 12.0. The Hall–Kier alpha value is -3.49. The number of nitrogens with one attached hydrogen (secondary N) is 3. The van der Waals surface area contributed by atoms with E-state index in [1.54, 1.807) is 0 Å². The van der Waals surface area contributed by atoms with Gasteiger partial charge in [-0.1, -0.05) is 72.8 Å². The van der Waals surface area contributed by atoms with E-state index < -0.39 is 11.5 Å². The van der Waals surface area contributed by atoms with Crippen LogP contribution in [0.3, 0.4) is 0 Å². The molecule has 0 bridgehead atoms. The van der Waals surface area contributed by atoms with Crippen molar-refractivity contribution in [2.75, 3.05) is 39.4 Å². The first-order valence-electron chi connectivity index (χ1n) is 15.4. The van der Waals surface area contributed by atoms with E-state index in [1.165, 1.54) is 5.56 Å². The van der Waals surface area contributed by atoms with E-state index in [0.717, 1.165) is 37.9 Å². The highest BCUT2D eigenvalue weighted by atomic mass is 16.5. The van der Waals surface area contributed by atoms with Crippen LogP contribution in [0, 0.1) is 11.3 Å². The van der Waals surface area contributed by atoms with Gasteiger partial charge < -0.3 is 20.7 Å². The number of likely N-dealkylation sites (tertiary alicyclic amines) is 1. The van der Waals surface area contributed by atoms with Gasteiger partial charge in [0.25, 0.3) is 0 Å². The summed E-state index contributed by atoms with van der Waals surface area (Å²) in [5.41, 5.74) is 1.65. The minimum Gasteiger partial charge on any atom is -0.381 e.